The molecule has 0 amide bonds. The van der Waals surface area contributed by atoms with Crippen molar-refractivity contribution in [3.63, 3.8) is 0 Å². The summed E-state index contributed by atoms with van der Waals surface area (Å²) >= 11 is 0. The Balaban J connectivity index is 2.63. The molecule has 102 valence electrons. The number of ether oxygens (including phenoxy) is 1. The van der Waals surface area contributed by atoms with E-state index in [2.05, 4.69) is 10.2 Å². The second-order valence-electron chi connectivity index (χ2n) is 3.86. The van der Waals surface area contributed by atoms with E-state index in [4.69, 9.17) is 5.84 Å². The molecule has 7 heteroatoms. The largest absolute Gasteiger partial charge is 0.411 e. The predicted molar refractivity (Wildman–Crippen MR) is 58.1 cm³/mol. The highest BCUT2D eigenvalue weighted by Crippen LogP contribution is 2.19. The Bertz CT molecular complexity index is 395. The maximum Gasteiger partial charge on any atom is 0.411 e. The molecule has 0 aliphatic rings. The standard InChI is InChI=1S/C11H14F4N2O/c1-7-2-3-8(4-9(7)12)10(17-16)5-18-6-11(13,14)15/h2-4,10,17H,5-6,16H2,1H3. The molecule has 0 spiro atoms. The third kappa shape index (κ3) is 4.59. The van der Waals surface area contributed by atoms with Gasteiger partial charge in [-0.2, -0.15) is 13.2 Å². The van der Waals surface area contributed by atoms with Crippen molar-refractivity contribution in [2.45, 2.75) is 19.1 Å². The van der Waals surface area contributed by atoms with Crippen LogP contribution in [0.2, 0.25) is 0 Å². The number of rotatable bonds is 5. The van der Waals surface area contributed by atoms with E-state index in [9.17, 15) is 17.6 Å². The maximum absolute atomic E-state index is 13.3. The number of hydrogen-bond acceptors (Lipinski definition) is 3. The summed E-state index contributed by atoms with van der Waals surface area (Å²) in [6.45, 7) is -0.0673. The fourth-order valence-electron chi connectivity index (χ4n) is 1.36. The molecule has 0 fully saturated rings. The molecule has 0 aromatic heterocycles. The lowest BCUT2D eigenvalue weighted by Gasteiger charge is -2.17. The summed E-state index contributed by atoms with van der Waals surface area (Å²) in [5.74, 6) is 4.77. The normalized spacial score (nSPS) is 13.7. The number of hydrazine groups is 1. The highest BCUT2D eigenvalue weighted by Gasteiger charge is 2.28. The lowest BCUT2D eigenvalue weighted by Crippen LogP contribution is -2.32. The quantitative estimate of drug-likeness (QED) is 0.488. The monoisotopic (exact) mass is 266 g/mol. The van der Waals surface area contributed by atoms with Crippen molar-refractivity contribution < 1.29 is 22.3 Å². The molecule has 0 saturated carbocycles. The third-order valence-electron chi connectivity index (χ3n) is 2.35. The first-order valence-electron chi connectivity index (χ1n) is 5.20. The number of hydrogen-bond donors (Lipinski definition) is 2. The lowest BCUT2D eigenvalue weighted by atomic mass is 10.1. The molecule has 1 rings (SSSR count). The molecular formula is C11H14F4N2O. The second kappa shape index (κ2) is 6.12. The molecule has 0 saturated heterocycles. The summed E-state index contributed by atoms with van der Waals surface area (Å²) in [5, 5.41) is 0. The average molecular weight is 266 g/mol. The topological polar surface area (TPSA) is 47.3 Å². The average Bonchev–Trinajstić information content (AvgIpc) is 2.27. The summed E-state index contributed by atoms with van der Waals surface area (Å²) in [4.78, 5) is 0. The Hall–Kier alpha value is -1.18. The van der Waals surface area contributed by atoms with E-state index >= 15 is 0 Å². The Labute approximate surface area is 102 Å². The molecular weight excluding hydrogens is 252 g/mol. The van der Waals surface area contributed by atoms with Gasteiger partial charge >= 0.3 is 6.18 Å². The van der Waals surface area contributed by atoms with E-state index < -0.39 is 24.6 Å². The van der Waals surface area contributed by atoms with Gasteiger partial charge in [0.25, 0.3) is 0 Å². The van der Waals surface area contributed by atoms with Crippen molar-refractivity contribution in [1.29, 1.82) is 0 Å². The fourth-order valence-corrected chi connectivity index (χ4v) is 1.36. The summed E-state index contributed by atoms with van der Waals surface area (Å²) in [6.07, 6.45) is -4.39. The van der Waals surface area contributed by atoms with Crippen LogP contribution in [-0.2, 0) is 4.74 Å². The van der Waals surface area contributed by atoms with E-state index in [1.165, 1.54) is 12.1 Å². The number of halogens is 4. The van der Waals surface area contributed by atoms with Gasteiger partial charge in [-0.05, 0) is 24.1 Å². The van der Waals surface area contributed by atoms with Crippen LogP contribution in [0.15, 0.2) is 18.2 Å². The number of alkyl halides is 3. The lowest BCUT2D eigenvalue weighted by molar-refractivity contribution is -0.175. The van der Waals surface area contributed by atoms with Gasteiger partial charge in [0.05, 0.1) is 12.6 Å². The Kier molecular flexibility index (Phi) is 5.06. The summed E-state index contributed by atoms with van der Waals surface area (Å²) in [5.41, 5.74) is 3.18. The molecule has 18 heavy (non-hydrogen) atoms. The number of aryl methyl sites for hydroxylation is 1. The molecule has 0 heterocycles. The van der Waals surface area contributed by atoms with E-state index in [1.54, 1.807) is 13.0 Å². The van der Waals surface area contributed by atoms with Crippen LogP contribution in [0.4, 0.5) is 17.6 Å². The van der Waals surface area contributed by atoms with Gasteiger partial charge in [0.1, 0.15) is 12.4 Å². The van der Waals surface area contributed by atoms with Gasteiger partial charge in [-0.1, -0.05) is 12.1 Å². The van der Waals surface area contributed by atoms with Crippen LogP contribution in [-0.4, -0.2) is 19.4 Å². The minimum Gasteiger partial charge on any atom is -0.370 e. The van der Waals surface area contributed by atoms with Gasteiger partial charge in [-0.15, -0.1) is 0 Å². The van der Waals surface area contributed by atoms with E-state index in [0.29, 0.717) is 11.1 Å². The first-order chi connectivity index (χ1) is 8.33. The Morgan fingerprint density at radius 3 is 2.56 bits per heavy atom. The molecule has 0 aliphatic carbocycles. The van der Waals surface area contributed by atoms with Crippen LogP contribution in [0.3, 0.4) is 0 Å². The molecule has 3 nitrogen and oxygen atoms in total. The molecule has 0 aliphatic heterocycles. The highest BCUT2D eigenvalue weighted by molar-refractivity contribution is 5.25. The molecule has 1 aromatic carbocycles. The summed E-state index contributed by atoms with van der Waals surface area (Å²) in [6, 6.07) is 3.64. The zero-order valence-corrected chi connectivity index (χ0v) is 9.72. The first kappa shape index (κ1) is 14.9. The number of nitrogens with one attached hydrogen (secondary N) is 1. The predicted octanol–water partition coefficient (Wildman–Crippen LogP) is 2.22. The maximum atomic E-state index is 13.3. The fraction of sp³-hybridized carbons (Fsp3) is 0.455. The first-order valence-corrected chi connectivity index (χ1v) is 5.20. The van der Waals surface area contributed by atoms with Crippen LogP contribution >= 0.6 is 0 Å². The van der Waals surface area contributed by atoms with Crippen LogP contribution in [0.1, 0.15) is 17.2 Å². The highest BCUT2D eigenvalue weighted by atomic mass is 19.4. The van der Waals surface area contributed by atoms with Gasteiger partial charge in [0.15, 0.2) is 0 Å². The Morgan fingerprint density at radius 2 is 2.06 bits per heavy atom. The molecule has 3 N–H and O–H groups in total. The zero-order valence-electron chi connectivity index (χ0n) is 9.72. The van der Waals surface area contributed by atoms with Gasteiger partial charge in [-0.3, -0.25) is 11.3 Å². The number of nitrogens with two attached hydrogens (primary N) is 1. The molecule has 1 aromatic rings. The smallest absolute Gasteiger partial charge is 0.370 e. The minimum absolute atomic E-state index is 0.293. The zero-order chi connectivity index (χ0) is 13.8. The van der Waals surface area contributed by atoms with Crippen molar-refractivity contribution in [3.8, 4) is 0 Å². The molecule has 1 atom stereocenters. The molecule has 0 bridgehead atoms. The summed E-state index contributed by atoms with van der Waals surface area (Å²) in [7, 11) is 0. The Morgan fingerprint density at radius 1 is 1.39 bits per heavy atom. The van der Waals surface area contributed by atoms with Crippen LogP contribution in [0, 0.1) is 12.7 Å². The van der Waals surface area contributed by atoms with E-state index in [0.717, 1.165) is 0 Å². The van der Waals surface area contributed by atoms with Gasteiger partial charge < -0.3 is 4.74 Å². The summed E-state index contributed by atoms with van der Waals surface area (Å²) < 4.78 is 53.5. The molecule has 1 unspecified atom stereocenters. The van der Waals surface area contributed by atoms with Crippen LogP contribution < -0.4 is 11.3 Å². The van der Waals surface area contributed by atoms with Gasteiger partial charge in [-0.25, -0.2) is 4.39 Å². The van der Waals surface area contributed by atoms with Crippen molar-refractivity contribution in [3.05, 3.63) is 35.1 Å². The van der Waals surface area contributed by atoms with Crippen LogP contribution in [0.5, 0.6) is 0 Å². The van der Waals surface area contributed by atoms with Crippen molar-refractivity contribution in [2.24, 2.45) is 5.84 Å². The third-order valence-corrected chi connectivity index (χ3v) is 2.35. The second-order valence-corrected chi connectivity index (χ2v) is 3.86. The minimum atomic E-state index is -4.39. The van der Waals surface area contributed by atoms with Crippen molar-refractivity contribution in [2.75, 3.05) is 13.2 Å². The van der Waals surface area contributed by atoms with Gasteiger partial charge in [0.2, 0.25) is 0 Å². The van der Waals surface area contributed by atoms with Gasteiger partial charge in [0, 0.05) is 0 Å². The number of benzene rings is 1. The SMILES string of the molecule is Cc1ccc(C(COCC(F)(F)F)NN)cc1F. The van der Waals surface area contributed by atoms with Crippen molar-refractivity contribution >= 4 is 0 Å². The molecule has 0 radical (unpaired) electrons. The van der Waals surface area contributed by atoms with Crippen molar-refractivity contribution in [1.82, 2.24) is 5.43 Å². The van der Waals surface area contributed by atoms with E-state index in [-0.39, 0.29) is 6.61 Å². The van der Waals surface area contributed by atoms with Crippen LogP contribution in [0.25, 0.3) is 0 Å². The van der Waals surface area contributed by atoms with E-state index in [1.807, 2.05) is 0 Å².